The normalized spacial score (nSPS) is 17.7. The van der Waals surface area contributed by atoms with E-state index in [0.717, 1.165) is 49.0 Å². The Bertz CT molecular complexity index is 703. The molecule has 0 saturated carbocycles. The molecule has 6 nitrogen and oxygen atoms in total. The summed E-state index contributed by atoms with van der Waals surface area (Å²) in [7, 11) is 0. The van der Waals surface area contributed by atoms with E-state index in [1.54, 1.807) is 12.4 Å². The van der Waals surface area contributed by atoms with Crippen LogP contribution in [0.3, 0.4) is 0 Å². The highest BCUT2D eigenvalue weighted by molar-refractivity contribution is 7.99. The average Bonchev–Trinajstić information content (AvgIpc) is 3.03. The standard InChI is InChI=1S/C18H25N5OS/c1-3-10-23-17(15-6-8-19-9-7-15)20-21-18(23)25-13-16(24)22-11-4-5-14(2)12-22/h6-9,14H,3-5,10-13H2,1-2H3. The van der Waals surface area contributed by atoms with Crippen molar-refractivity contribution in [1.29, 1.82) is 0 Å². The van der Waals surface area contributed by atoms with E-state index in [2.05, 4.69) is 33.6 Å². The van der Waals surface area contributed by atoms with Gasteiger partial charge in [-0.2, -0.15) is 0 Å². The zero-order valence-electron chi connectivity index (χ0n) is 14.9. The average molecular weight is 359 g/mol. The molecular weight excluding hydrogens is 334 g/mol. The summed E-state index contributed by atoms with van der Waals surface area (Å²) < 4.78 is 2.10. The van der Waals surface area contributed by atoms with Crippen molar-refractivity contribution in [2.24, 2.45) is 5.92 Å². The van der Waals surface area contributed by atoms with Crippen molar-refractivity contribution < 1.29 is 4.79 Å². The summed E-state index contributed by atoms with van der Waals surface area (Å²) in [5.74, 6) is 2.06. The Labute approximate surface area is 153 Å². The molecule has 0 bridgehead atoms. The summed E-state index contributed by atoms with van der Waals surface area (Å²) >= 11 is 1.49. The summed E-state index contributed by atoms with van der Waals surface area (Å²) in [6.07, 6.45) is 6.83. The third-order valence-corrected chi connectivity index (χ3v) is 5.39. The molecule has 0 radical (unpaired) electrons. The highest BCUT2D eigenvalue weighted by atomic mass is 32.2. The van der Waals surface area contributed by atoms with E-state index in [1.807, 2.05) is 17.0 Å². The van der Waals surface area contributed by atoms with Crippen LogP contribution in [0, 0.1) is 5.92 Å². The van der Waals surface area contributed by atoms with Crippen LogP contribution in [0.1, 0.15) is 33.1 Å². The quantitative estimate of drug-likeness (QED) is 0.742. The van der Waals surface area contributed by atoms with Gasteiger partial charge in [0, 0.05) is 37.6 Å². The Kier molecular flexibility index (Phi) is 6.07. The van der Waals surface area contributed by atoms with Gasteiger partial charge in [-0.1, -0.05) is 25.6 Å². The fourth-order valence-corrected chi connectivity index (χ4v) is 4.04. The third-order valence-electron chi connectivity index (χ3n) is 4.44. The Balaban J connectivity index is 1.70. The van der Waals surface area contributed by atoms with E-state index in [-0.39, 0.29) is 5.91 Å². The number of thioether (sulfide) groups is 1. The SMILES string of the molecule is CCCn1c(SCC(=O)N2CCCC(C)C2)nnc1-c1ccncc1. The zero-order valence-corrected chi connectivity index (χ0v) is 15.7. The number of piperidine rings is 1. The molecule has 1 saturated heterocycles. The highest BCUT2D eigenvalue weighted by Gasteiger charge is 2.22. The summed E-state index contributed by atoms with van der Waals surface area (Å²) in [4.78, 5) is 18.6. The largest absolute Gasteiger partial charge is 0.342 e. The number of hydrogen-bond donors (Lipinski definition) is 0. The first-order valence-electron chi connectivity index (χ1n) is 8.93. The Morgan fingerprint density at radius 2 is 2.12 bits per heavy atom. The fourth-order valence-electron chi connectivity index (χ4n) is 3.17. The number of amides is 1. The molecule has 25 heavy (non-hydrogen) atoms. The number of aromatic nitrogens is 4. The second-order valence-corrected chi connectivity index (χ2v) is 7.51. The lowest BCUT2D eigenvalue weighted by molar-refractivity contribution is -0.130. The van der Waals surface area contributed by atoms with E-state index in [0.29, 0.717) is 11.7 Å². The molecular formula is C18H25N5OS. The van der Waals surface area contributed by atoms with E-state index in [1.165, 1.54) is 18.2 Å². The molecule has 1 atom stereocenters. The molecule has 0 N–H and O–H groups in total. The first-order valence-corrected chi connectivity index (χ1v) is 9.91. The number of carbonyl (C=O) groups excluding carboxylic acids is 1. The van der Waals surface area contributed by atoms with Gasteiger partial charge in [-0.05, 0) is 37.3 Å². The van der Waals surface area contributed by atoms with Gasteiger partial charge in [0.25, 0.3) is 0 Å². The van der Waals surface area contributed by atoms with Crippen LogP contribution in [0.15, 0.2) is 29.7 Å². The van der Waals surface area contributed by atoms with Crippen molar-refractivity contribution >= 4 is 17.7 Å². The van der Waals surface area contributed by atoms with Crippen LogP contribution in [0.25, 0.3) is 11.4 Å². The van der Waals surface area contributed by atoms with Crippen LogP contribution in [0.5, 0.6) is 0 Å². The van der Waals surface area contributed by atoms with Gasteiger partial charge in [-0.25, -0.2) is 0 Å². The molecule has 1 fully saturated rings. The first-order chi connectivity index (χ1) is 12.2. The van der Waals surface area contributed by atoms with E-state index >= 15 is 0 Å². The molecule has 0 spiro atoms. The lowest BCUT2D eigenvalue weighted by atomic mass is 10.0. The molecule has 1 aliphatic rings. The summed E-state index contributed by atoms with van der Waals surface area (Å²) in [6, 6.07) is 3.87. The number of pyridine rings is 1. The maximum atomic E-state index is 12.5. The Hall–Kier alpha value is -1.89. The van der Waals surface area contributed by atoms with E-state index in [9.17, 15) is 4.79 Å². The molecule has 3 rings (SSSR count). The van der Waals surface area contributed by atoms with Crippen molar-refractivity contribution in [3.63, 3.8) is 0 Å². The minimum absolute atomic E-state index is 0.202. The molecule has 0 aliphatic carbocycles. The van der Waals surface area contributed by atoms with Gasteiger partial charge in [0.15, 0.2) is 11.0 Å². The highest BCUT2D eigenvalue weighted by Crippen LogP contribution is 2.25. The van der Waals surface area contributed by atoms with Crippen molar-refractivity contribution in [3.05, 3.63) is 24.5 Å². The molecule has 1 unspecified atom stereocenters. The minimum Gasteiger partial charge on any atom is -0.342 e. The molecule has 7 heteroatoms. The van der Waals surface area contributed by atoms with Gasteiger partial charge in [0.1, 0.15) is 0 Å². The van der Waals surface area contributed by atoms with Crippen LogP contribution in [0.2, 0.25) is 0 Å². The number of carbonyl (C=O) groups is 1. The summed E-state index contributed by atoms with van der Waals surface area (Å²) in [5, 5.41) is 9.49. The second-order valence-electron chi connectivity index (χ2n) is 6.57. The zero-order chi connectivity index (χ0) is 17.6. The monoisotopic (exact) mass is 359 g/mol. The van der Waals surface area contributed by atoms with Crippen molar-refractivity contribution in [1.82, 2.24) is 24.6 Å². The number of hydrogen-bond acceptors (Lipinski definition) is 5. The number of likely N-dealkylation sites (tertiary alicyclic amines) is 1. The second kappa shape index (κ2) is 8.47. The third kappa shape index (κ3) is 4.39. The first kappa shape index (κ1) is 17.9. The smallest absolute Gasteiger partial charge is 0.233 e. The van der Waals surface area contributed by atoms with Crippen LogP contribution < -0.4 is 0 Å². The van der Waals surface area contributed by atoms with Crippen molar-refractivity contribution in [2.75, 3.05) is 18.8 Å². The molecule has 3 heterocycles. The number of nitrogens with zero attached hydrogens (tertiary/aromatic N) is 5. The Morgan fingerprint density at radius 1 is 1.32 bits per heavy atom. The van der Waals surface area contributed by atoms with Gasteiger partial charge in [0.05, 0.1) is 5.75 Å². The molecule has 1 aliphatic heterocycles. The summed E-state index contributed by atoms with van der Waals surface area (Å²) in [5.41, 5.74) is 0.999. The molecule has 1 amide bonds. The van der Waals surface area contributed by atoms with Gasteiger partial charge >= 0.3 is 0 Å². The maximum Gasteiger partial charge on any atom is 0.233 e. The van der Waals surface area contributed by atoms with Gasteiger partial charge in [-0.3, -0.25) is 9.78 Å². The van der Waals surface area contributed by atoms with Crippen LogP contribution >= 0.6 is 11.8 Å². The molecule has 2 aromatic rings. The predicted molar refractivity (Wildman–Crippen MR) is 99.2 cm³/mol. The minimum atomic E-state index is 0.202. The van der Waals surface area contributed by atoms with Crippen molar-refractivity contribution in [3.8, 4) is 11.4 Å². The number of rotatable bonds is 6. The lowest BCUT2D eigenvalue weighted by Crippen LogP contribution is -2.40. The van der Waals surface area contributed by atoms with Crippen LogP contribution in [0.4, 0.5) is 0 Å². The van der Waals surface area contributed by atoms with Crippen LogP contribution in [-0.4, -0.2) is 49.4 Å². The lowest BCUT2D eigenvalue weighted by Gasteiger charge is -2.30. The maximum absolute atomic E-state index is 12.5. The van der Waals surface area contributed by atoms with Crippen molar-refractivity contribution in [2.45, 2.75) is 44.8 Å². The molecule has 2 aromatic heterocycles. The topological polar surface area (TPSA) is 63.9 Å². The predicted octanol–water partition coefficient (Wildman–Crippen LogP) is 3.10. The fraction of sp³-hybridized carbons (Fsp3) is 0.556. The molecule has 134 valence electrons. The van der Waals surface area contributed by atoms with E-state index < -0.39 is 0 Å². The van der Waals surface area contributed by atoms with Crippen LogP contribution in [-0.2, 0) is 11.3 Å². The van der Waals surface area contributed by atoms with Gasteiger partial charge in [-0.15, -0.1) is 10.2 Å². The van der Waals surface area contributed by atoms with Gasteiger partial charge in [0.2, 0.25) is 5.91 Å². The van der Waals surface area contributed by atoms with E-state index in [4.69, 9.17) is 0 Å². The summed E-state index contributed by atoms with van der Waals surface area (Å²) in [6.45, 7) is 6.94. The Morgan fingerprint density at radius 3 is 2.84 bits per heavy atom. The molecule has 0 aromatic carbocycles. The van der Waals surface area contributed by atoms with Gasteiger partial charge < -0.3 is 9.47 Å².